The number of carbonyl (C=O) groups excluding carboxylic acids is 2. The number of hydrogen-bond donors (Lipinski definition) is 3. The molecule has 2 aromatic rings. The van der Waals surface area contributed by atoms with Crippen LogP contribution in [0, 0.1) is 11.3 Å². The monoisotopic (exact) mass is 403 g/mol. The van der Waals surface area contributed by atoms with Crippen LogP contribution in [0.4, 0.5) is 20.2 Å². The molecule has 0 fully saturated rings. The predicted molar refractivity (Wildman–Crippen MR) is 102 cm³/mol. The second kappa shape index (κ2) is 9.12. The molecule has 0 saturated heterocycles. The Kier molecular flexibility index (Phi) is 6.85. The largest absolute Gasteiger partial charge is 0.490 e. The topological polar surface area (TPSA) is 111 Å². The first-order chi connectivity index (χ1) is 13.6. The molecule has 7 nitrogen and oxygen atoms in total. The minimum atomic E-state index is -2.88. The molecule has 3 N–H and O–H groups in total. The quantitative estimate of drug-likeness (QED) is 0.657. The number of amides is 2. The Labute approximate surface area is 165 Å². The van der Waals surface area contributed by atoms with E-state index < -0.39 is 30.1 Å². The van der Waals surface area contributed by atoms with E-state index in [4.69, 9.17) is 10.00 Å². The summed E-state index contributed by atoms with van der Waals surface area (Å²) >= 11 is 0. The van der Waals surface area contributed by atoms with Gasteiger partial charge in [-0.3, -0.25) is 9.59 Å². The third kappa shape index (κ3) is 5.99. The van der Waals surface area contributed by atoms with Crippen molar-refractivity contribution < 1.29 is 28.2 Å². The Hall–Kier alpha value is -3.51. The van der Waals surface area contributed by atoms with Gasteiger partial charge in [-0.15, -0.1) is 0 Å². The molecule has 1 atom stereocenters. The molecular formula is C20H19F2N3O4. The standard InChI is InChI=1S/C20H19F2N3O4/c1-12(26)24-14-5-7-16(8-6-14)29-11-20(2,28)19(27)25-15-4-3-13(10-23)17(9-15)18(21)22/h3-9,18,28H,11H2,1-2H3,(H,24,26)(H,25,27)/t20-/m0/s1. The van der Waals surface area contributed by atoms with Gasteiger partial charge in [-0.2, -0.15) is 5.26 Å². The number of benzene rings is 2. The normalized spacial score (nSPS) is 12.6. The number of halogens is 2. The van der Waals surface area contributed by atoms with E-state index in [1.54, 1.807) is 30.3 Å². The Balaban J connectivity index is 2.02. The summed E-state index contributed by atoms with van der Waals surface area (Å²) in [6, 6.07) is 11.4. The zero-order valence-corrected chi connectivity index (χ0v) is 15.7. The SMILES string of the molecule is CC(=O)Nc1ccc(OC[C@](C)(O)C(=O)Nc2ccc(C#N)c(C(F)F)c2)cc1. The Morgan fingerprint density at radius 2 is 1.79 bits per heavy atom. The van der Waals surface area contributed by atoms with Crippen molar-refractivity contribution in [3.63, 3.8) is 0 Å². The summed E-state index contributed by atoms with van der Waals surface area (Å²) in [7, 11) is 0. The summed E-state index contributed by atoms with van der Waals surface area (Å²) < 4.78 is 31.4. The van der Waals surface area contributed by atoms with Crippen LogP contribution in [0.2, 0.25) is 0 Å². The number of rotatable bonds is 7. The van der Waals surface area contributed by atoms with Crippen molar-refractivity contribution in [1.82, 2.24) is 0 Å². The lowest BCUT2D eigenvalue weighted by atomic mass is 10.1. The van der Waals surface area contributed by atoms with Crippen LogP contribution in [0.1, 0.15) is 31.4 Å². The number of nitrogens with zero attached hydrogens (tertiary/aromatic N) is 1. The van der Waals surface area contributed by atoms with Crippen molar-refractivity contribution >= 4 is 23.2 Å². The number of carbonyl (C=O) groups is 2. The number of anilines is 2. The maximum absolute atomic E-state index is 13.0. The fraction of sp³-hybridized carbons (Fsp3) is 0.250. The highest BCUT2D eigenvalue weighted by molar-refractivity contribution is 5.97. The van der Waals surface area contributed by atoms with E-state index in [9.17, 15) is 23.5 Å². The van der Waals surface area contributed by atoms with Crippen molar-refractivity contribution in [2.24, 2.45) is 0 Å². The Morgan fingerprint density at radius 3 is 2.34 bits per heavy atom. The van der Waals surface area contributed by atoms with Crippen LogP contribution >= 0.6 is 0 Å². The molecule has 0 heterocycles. The second-order valence-electron chi connectivity index (χ2n) is 6.44. The molecule has 0 radical (unpaired) electrons. The zero-order valence-electron chi connectivity index (χ0n) is 15.7. The first kappa shape index (κ1) is 21.8. The van der Waals surface area contributed by atoms with Crippen LogP contribution in [0.15, 0.2) is 42.5 Å². The number of nitriles is 1. The molecule has 0 saturated carbocycles. The fourth-order valence-corrected chi connectivity index (χ4v) is 2.32. The van der Waals surface area contributed by atoms with Gasteiger partial charge >= 0.3 is 0 Å². The highest BCUT2D eigenvalue weighted by atomic mass is 19.3. The molecule has 0 aromatic heterocycles. The lowest BCUT2D eigenvalue weighted by Crippen LogP contribution is -2.45. The third-order valence-corrected chi connectivity index (χ3v) is 3.85. The van der Waals surface area contributed by atoms with Crippen molar-refractivity contribution in [1.29, 1.82) is 5.26 Å². The van der Waals surface area contributed by atoms with E-state index >= 15 is 0 Å². The third-order valence-electron chi connectivity index (χ3n) is 3.85. The van der Waals surface area contributed by atoms with Crippen LogP contribution in [0.25, 0.3) is 0 Å². The van der Waals surface area contributed by atoms with Crippen LogP contribution in [0.5, 0.6) is 5.75 Å². The molecule has 2 aromatic carbocycles. The first-order valence-corrected chi connectivity index (χ1v) is 8.49. The molecule has 152 valence electrons. The molecule has 0 aliphatic carbocycles. The average molecular weight is 403 g/mol. The molecule has 9 heteroatoms. The summed E-state index contributed by atoms with van der Waals surface area (Å²) in [4.78, 5) is 23.3. The lowest BCUT2D eigenvalue weighted by Gasteiger charge is -2.23. The van der Waals surface area contributed by atoms with Gasteiger partial charge in [0.05, 0.1) is 11.6 Å². The maximum Gasteiger partial charge on any atom is 0.265 e. The van der Waals surface area contributed by atoms with Crippen molar-refractivity contribution in [2.45, 2.75) is 25.9 Å². The van der Waals surface area contributed by atoms with Gasteiger partial charge in [0.1, 0.15) is 12.4 Å². The molecule has 0 spiro atoms. The highest BCUT2D eigenvalue weighted by Crippen LogP contribution is 2.26. The number of alkyl halides is 2. The van der Waals surface area contributed by atoms with E-state index in [2.05, 4.69) is 10.6 Å². The molecular weight excluding hydrogens is 384 g/mol. The highest BCUT2D eigenvalue weighted by Gasteiger charge is 2.32. The molecule has 0 aliphatic rings. The van der Waals surface area contributed by atoms with Crippen molar-refractivity contribution in [3.8, 4) is 11.8 Å². The molecule has 2 rings (SSSR count). The van der Waals surface area contributed by atoms with E-state index in [0.717, 1.165) is 6.07 Å². The summed E-state index contributed by atoms with van der Waals surface area (Å²) in [5.41, 5.74) is -2.10. The molecule has 0 aliphatic heterocycles. The van der Waals surface area contributed by atoms with Crippen LogP contribution in [-0.4, -0.2) is 29.1 Å². The van der Waals surface area contributed by atoms with Crippen LogP contribution in [-0.2, 0) is 9.59 Å². The minimum absolute atomic E-state index is 0.0178. The van der Waals surface area contributed by atoms with Gasteiger partial charge < -0.3 is 20.5 Å². The summed E-state index contributed by atoms with van der Waals surface area (Å²) in [6.07, 6.45) is -2.88. The molecule has 29 heavy (non-hydrogen) atoms. The van der Waals surface area contributed by atoms with Crippen LogP contribution < -0.4 is 15.4 Å². The van der Waals surface area contributed by atoms with Gasteiger partial charge in [-0.1, -0.05) is 0 Å². The first-order valence-electron chi connectivity index (χ1n) is 8.49. The smallest absolute Gasteiger partial charge is 0.265 e. The number of aliphatic hydroxyl groups is 1. The molecule has 2 amide bonds. The van der Waals surface area contributed by atoms with Gasteiger partial charge in [0.25, 0.3) is 12.3 Å². The summed E-state index contributed by atoms with van der Waals surface area (Å²) in [5, 5.41) is 24.1. The van der Waals surface area contributed by atoms with Crippen molar-refractivity contribution in [2.75, 3.05) is 17.2 Å². The van der Waals surface area contributed by atoms with E-state index in [-0.39, 0.29) is 17.2 Å². The molecule has 0 unspecified atom stereocenters. The zero-order chi connectivity index (χ0) is 21.6. The number of nitrogens with one attached hydrogen (secondary N) is 2. The second-order valence-corrected chi connectivity index (χ2v) is 6.44. The average Bonchev–Trinajstić information content (AvgIpc) is 2.67. The molecule has 0 bridgehead atoms. The summed E-state index contributed by atoms with van der Waals surface area (Å²) in [5.74, 6) is -0.737. The Morgan fingerprint density at radius 1 is 1.17 bits per heavy atom. The van der Waals surface area contributed by atoms with E-state index in [1.165, 1.54) is 26.0 Å². The van der Waals surface area contributed by atoms with Gasteiger partial charge in [0.15, 0.2) is 5.60 Å². The van der Waals surface area contributed by atoms with Crippen molar-refractivity contribution in [3.05, 3.63) is 53.6 Å². The van der Waals surface area contributed by atoms with Gasteiger partial charge in [0.2, 0.25) is 5.91 Å². The van der Waals surface area contributed by atoms with Gasteiger partial charge in [-0.05, 0) is 49.4 Å². The summed E-state index contributed by atoms with van der Waals surface area (Å²) in [6.45, 7) is 2.18. The predicted octanol–water partition coefficient (Wildman–Crippen LogP) is 3.22. The van der Waals surface area contributed by atoms with Gasteiger partial charge in [-0.25, -0.2) is 8.78 Å². The minimum Gasteiger partial charge on any atom is -0.490 e. The maximum atomic E-state index is 13.0. The van der Waals surface area contributed by atoms with E-state index in [1.807, 2.05) is 0 Å². The fourth-order valence-electron chi connectivity index (χ4n) is 2.32. The number of hydrogen-bond acceptors (Lipinski definition) is 5. The lowest BCUT2D eigenvalue weighted by molar-refractivity contribution is -0.135. The Bertz CT molecular complexity index is 938. The number of ether oxygens (including phenoxy) is 1. The van der Waals surface area contributed by atoms with E-state index in [0.29, 0.717) is 11.4 Å². The van der Waals surface area contributed by atoms with Gasteiger partial charge in [0, 0.05) is 23.9 Å². The van der Waals surface area contributed by atoms with Crippen LogP contribution in [0.3, 0.4) is 0 Å².